The number of aryl methyl sites for hydroxylation is 1. The summed E-state index contributed by atoms with van der Waals surface area (Å²) in [5.41, 5.74) is 3.88. The first-order valence-corrected chi connectivity index (χ1v) is 9.08. The van der Waals surface area contributed by atoms with Gasteiger partial charge in [-0.2, -0.15) is 5.10 Å². The second-order valence-electron chi connectivity index (χ2n) is 6.68. The lowest BCUT2D eigenvalue weighted by molar-refractivity contribution is 0.0963. The number of nitrogens with one attached hydrogen (secondary N) is 1. The van der Waals surface area contributed by atoms with Gasteiger partial charge in [-0.15, -0.1) is 5.10 Å². The molecule has 1 amide bonds. The molecule has 0 unspecified atom stereocenters. The summed E-state index contributed by atoms with van der Waals surface area (Å²) in [5, 5.41) is 13.4. The van der Waals surface area contributed by atoms with E-state index >= 15 is 0 Å². The molecule has 0 atom stereocenters. The number of carbonyl (C=O) groups excluding carboxylic acids is 1. The topological polar surface area (TPSA) is 67.4 Å². The molecule has 1 aromatic heterocycles. The third-order valence-electron chi connectivity index (χ3n) is 4.99. The van der Waals surface area contributed by atoms with Gasteiger partial charge in [0, 0.05) is 36.5 Å². The maximum absolute atomic E-state index is 12.0. The van der Waals surface area contributed by atoms with Crippen LogP contribution in [0.15, 0.2) is 42.6 Å². The number of rotatable bonds is 3. The first-order valence-electron chi connectivity index (χ1n) is 9.08. The Balaban J connectivity index is 1.77. The fraction of sp³-hybridized carbons (Fsp3) is 0.286. The number of carbonyl (C=O) groups is 1. The van der Waals surface area contributed by atoms with Crippen LogP contribution in [-0.2, 0) is 4.74 Å². The fourth-order valence-electron chi connectivity index (χ4n) is 3.47. The summed E-state index contributed by atoms with van der Waals surface area (Å²) in [6.45, 7) is 5.12. The Kier molecular flexibility index (Phi) is 4.73. The molecule has 0 saturated carbocycles. The summed E-state index contributed by atoms with van der Waals surface area (Å²) in [4.78, 5) is 14.2. The molecule has 0 aliphatic carbocycles. The van der Waals surface area contributed by atoms with Crippen molar-refractivity contribution in [3.8, 4) is 11.1 Å². The standard InChI is InChI=1S/C21H22N4O2/c1-14-3-4-16(21(26)22-2)12-19(14)15-5-6-18-17(11-15)13-23-24-20(18)25-7-9-27-10-8-25/h3-6,11-13H,7-10H2,1-2H3,(H,22,26). The van der Waals surface area contributed by atoms with Crippen molar-refractivity contribution in [2.45, 2.75) is 6.92 Å². The van der Waals surface area contributed by atoms with Crippen molar-refractivity contribution in [2.24, 2.45) is 0 Å². The van der Waals surface area contributed by atoms with Gasteiger partial charge in [-0.1, -0.05) is 12.1 Å². The highest BCUT2D eigenvalue weighted by Gasteiger charge is 2.16. The van der Waals surface area contributed by atoms with E-state index in [0.717, 1.165) is 46.4 Å². The lowest BCUT2D eigenvalue weighted by Gasteiger charge is -2.28. The second-order valence-corrected chi connectivity index (χ2v) is 6.68. The Morgan fingerprint density at radius 1 is 1.15 bits per heavy atom. The molecule has 6 nitrogen and oxygen atoms in total. The number of benzene rings is 2. The third-order valence-corrected chi connectivity index (χ3v) is 4.99. The predicted molar refractivity (Wildman–Crippen MR) is 106 cm³/mol. The van der Waals surface area contributed by atoms with Crippen LogP contribution in [0.25, 0.3) is 21.9 Å². The van der Waals surface area contributed by atoms with E-state index in [-0.39, 0.29) is 5.91 Å². The van der Waals surface area contributed by atoms with Gasteiger partial charge in [-0.3, -0.25) is 4.79 Å². The Labute approximate surface area is 158 Å². The molecule has 4 rings (SSSR count). The minimum Gasteiger partial charge on any atom is -0.378 e. The van der Waals surface area contributed by atoms with E-state index in [2.05, 4.69) is 45.5 Å². The van der Waals surface area contributed by atoms with Crippen molar-refractivity contribution in [3.63, 3.8) is 0 Å². The van der Waals surface area contributed by atoms with Crippen LogP contribution in [0.4, 0.5) is 5.82 Å². The summed E-state index contributed by atoms with van der Waals surface area (Å²) in [6, 6.07) is 12.1. The van der Waals surface area contributed by atoms with Crippen LogP contribution < -0.4 is 10.2 Å². The van der Waals surface area contributed by atoms with E-state index in [4.69, 9.17) is 4.74 Å². The zero-order valence-electron chi connectivity index (χ0n) is 15.5. The molecule has 0 bridgehead atoms. The van der Waals surface area contributed by atoms with E-state index in [1.54, 1.807) is 13.2 Å². The Morgan fingerprint density at radius 3 is 2.74 bits per heavy atom. The number of aromatic nitrogens is 2. The maximum atomic E-state index is 12.0. The summed E-state index contributed by atoms with van der Waals surface area (Å²) >= 11 is 0. The summed E-state index contributed by atoms with van der Waals surface area (Å²) < 4.78 is 5.44. The van der Waals surface area contributed by atoms with Crippen LogP contribution >= 0.6 is 0 Å². The average Bonchev–Trinajstić information content (AvgIpc) is 2.73. The molecule has 1 N–H and O–H groups in total. The molecule has 1 saturated heterocycles. The molecule has 2 heterocycles. The molecule has 6 heteroatoms. The molecule has 1 aliphatic rings. The quantitative estimate of drug-likeness (QED) is 0.776. The highest BCUT2D eigenvalue weighted by molar-refractivity contribution is 5.97. The lowest BCUT2D eigenvalue weighted by Crippen LogP contribution is -2.37. The van der Waals surface area contributed by atoms with Crippen molar-refractivity contribution >= 4 is 22.5 Å². The summed E-state index contributed by atoms with van der Waals surface area (Å²) in [6.07, 6.45) is 1.79. The van der Waals surface area contributed by atoms with Gasteiger partial charge in [-0.25, -0.2) is 0 Å². The van der Waals surface area contributed by atoms with Gasteiger partial charge < -0.3 is 15.0 Å². The van der Waals surface area contributed by atoms with Gasteiger partial charge in [0.15, 0.2) is 5.82 Å². The smallest absolute Gasteiger partial charge is 0.251 e. The predicted octanol–water partition coefficient (Wildman–Crippen LogP) is 2.80. The Hall–Kier alpha value is -2.99. The van der Waals surface area contributed by atoms with Crippen molar-refractivity contribution in [1.82, 2.24) is 15.5 Å². The zero-order chi connectivity index (χ0) is 18.8. The largest absolute Gasteiger partial charge is 0.378 e. The van der Waals surface area contributed by atoms with E-state index < -0.39 is 0 Å². The highest BCUT2D eigenvalue weighted by Crippen LogP contribution is 2.31. The molecule has 138 valence electrons. The number of anilines is 1. The lowest BCUT2D eigenvalue weighted by atomic mass is 9.96. The molecule has 1 fully saturated rings. The van der Waals surface area contributed by atoms with E-state index in [9.17, 15) is 4.79 Å². The third kappa shape index (κ3) is 3.36. The number of fused-ring (bicyclic) bond motifs is 1. The number of amides is 1. The number of hydrogen-bond donors (Lipinski definition) is 1. The Bertz CT molecular complexity index is 997. The van der Waals surface area contributed by atoms with Gasteiger partial charge in [-0.05, 0) is 47.9 Å². The molecule has 1 aliphatic heterocycles. The summed E-state index contributed by atoms with van der Waals surface area (Å²) in [5.74, 6) is 0.815. The molecular formula is C21H22N4O2. The first-order chi connectivity index (χ1) is 13.2. The second kappa shape index (κ2) is 7.32. The van der Waals surface area contributed by atoms with Crippen molar-refractivity contribution in [3.05, 3.63) is 53.7 Å². The molecule has 0 spiro atoms. The molecular weight excluding hydrogens is 340 g/mol. The van der Waals surface area contributed by atoms with Crippen molar-refractivity contribution < 1.29 is 9.53 Å². The zero-order valence-corrected chi connectivity index (χ0v) is 15.5. The monoisotopic (exact) mass is 362 g/mol. The highest BCUT2D eigenvalue weighted by atomic mass is 16.5. The van der Waals surface area contributed by atoms with Gasteiger partial charge in [0.2, 0.25) is 0 Å². The van der Waals surface area contributed by atoms with Gasteiger partial charge >= 0.3 is 0 Å². The van der Waals surface area contributed by atoms with E-state index in [1.165, 1.54) is 0 Å². The number of morpholine rings is 1. The van der Waals surface area contributed by atoms with Crippen LogP contribution in [0, 0.1) is 6.92 Å². The van der Waals surface area contributed by atoms with Crippen LogP contribution in [0.3, 0.4) is 0 Å². The van der Waals surface area contributed by atoms with Crippen LogP contribution in [-0.4, -0.2) is 49.5 Å². The molecule has 2 aromatic carbocycles. The SMILES string of the molecule is CNC(=O)c1ccc(C)c(-c2ccc3c(N4CCOCC4)nncc3c2)c1. The van der Waals surface area contributed by atoms with Crippen LogP contribution in [0.1, 0.15) is 15.9 Å². The number of ether oxygens (including phenoxy) is 1. The molecule has 3 aromatic rings. The minimum atomic E-state index is -0.0856. The number of nitrogens with zero attached hydrogens (tertiary/aromatic N) is 3. The molecule has 0 radical (unpaired) electrons. The Morgan fingerprint density at radius 2 is 1.96 bits per heavy atom. The minimum absolute atomic E-state index is 0.0856. The fourth-order valence-corrected chi connectivity index (χ4v) is 3.47. The average molecular weight is 362 g/mol. The van der Waals surface area contributed by atoms with Crippen molar-refractivity contribution in [1.29, 1.82) is 0 Å². The summed E-state index contributed by atoms with van der Waals surface area (Å²) in [7, 11) is 1.64. The first kappa shape index (κ1) is 17.4. The normalized spacial score (nSPS) is 14.4. The molecule has 27 heavy (non-hydrogen) atoms. The van der Waals surface area contributed by atoms with E-state index in [1.807, 2.05) is 18.2 Å². The number of hydrogen-bond acceptors (Lipinski definition) is 5. The van der Waals surface area contributed by atoms with E-state index in [0.29, 0.717) is 18.8 Å². The van der Waals surface area contributed by atoms with Gasteiger partial charge in [0.1, 0.15) is 0 Å². The van der Waals surface area contributed by atoms with Crippen molar-refractivity contribution in [2.75, 3.05) is 38.3 Å². The van der Waals surface area contributed by atoms with Crippen LogP contribution in [0.5, 0.6) is 0 Å². The van der Waals surface area contributed by atoms with Gasteiger partial charge in [0.25, 0.3) is 5.91 Å². The maximum Gasteiger partial charge on any atom is 0.251 e. The van der Waals surface area contributed by atoms with Crippen LogP contribution in [0.2, 0.25) is 0 Å². The van der Waals surface area contributed by atoms with Gasteiger partial charge in [0.05, 0.1) is 19.4 Å².